The topological polar surface area (TPSA) is 38.4 Å². The van der Waals surface area contributed by atoms with Gasteiger partial charge in [0.05, 0.1) is 0 Å². The average Bonchev–Trinajstić information content (AvgIpc) is 3.76. The Bertz CT molecular complexity index is 2860. The molecule has 6 heteroatoms. The maximum absolute atomic E-state index is 4.91. The number of benzene rings is 5. The standard InChI is InChI=1S/C44H31N5.Pd/c1-44(2,3)28-24-36-34-21-19-31(27-40(34)49-42(36)37(25-28)35-15-11-23-46-43(35)49)47(29-12-5-4-6-13-29)30-18-20-33-32-14-7-8-16-38(32)48(39(33)26-30)41-17-9-10-22-45-41;/h4-25H,1-3H3;/q-2;+2. The second-order valence-corrected chi connectivity index (χ2v) is 13.8. The van der Waals surface area contributed by atoms with Crippen molar-refractivity contribution < 1.29 is 20.4 Å². The van der Waals surface area contributed by atoms with Crippen LogP contribution in [-0.4, -0.2) is 18.9 Å². The molecule has 5 aromatic heterocycles. The molecule has 0 aliphatic carbocycles. The number of pyridine rings is 2. The van der Waals surface area contributed by atoms with Crippen LogP contribution in [0.25, 0.3) is 65.8 Å². The summed E-state index contributed by atoms with van der Waals surface area (Å²) in [6, 6.07) is 50.5. The molecule has 0 radical (unpaired) electrons. The number of fused-ring (bicyclic) bond motifs is 9. The summed E-state index contributed by atoms with van der Waals surface area (Å²) in [6.45, 7) is 6.84. The monoisotopic (exact) mass is 735 g/mol. The molecule has 242 valence electrons. The van der Waals surface area contributed by atoms with Gasteiger partial charge in [0, 0.05) is 39.9 Å². The summed E-state index contributed by atoms with van der Waals surface area (Å²) in [5, 5.41) is 7.11. The van der Waals surface area contributed by atoms with Gasteiger partial charge < -0.3 is 13.9 Å². The first-order valence-electron chi connectivity index (χ1n) is 16.7. The third-order valence-corrected chi connectivity index (χ3v) is 9.85. The van der Waals surface area contributed by atoms with Crippen LogP contribution in [0.5, 0.6) is 0 Å². The minimum Gasteiger partial charge on any atom is -0.358 e. The molecule has 0 saturated carbocycles. The molecule has 0 fully saturated rings. The van der Waals surface area contributed by atoms with Crippen LogP contribution in [0.1, 0.15) is 26.3 Å². The van der Waals surface area contributed by atoms with Crippen molar-refractivity contribution in [2.45, 2.75) is 26.2 Å². The normalized spacial score (nSPS) is 12.1. The van der Waals surface area contributed by atoms with E-state index in [0.29, 0.717) is 0 Å². The number of nitrogens with zero attached hydrogens (tertiary/aromatic N) is 5. The number of hydrogen-bond donors (Lipinski definition) is 0. The number of hydrogen-bond acceptors (Lipinski definition) is 3. The van der Waals surface area contributed by atoms with E-state index in [1.807, 2.05) is 30.6 Å². The Morgan fingerprint density at radius 3 is 1.96 bits per heavy atom. The van der Waals surface area contributed by atoms with Gasteiger partial charge in [-0.15, -0.1) is 35.0 Å². The van der Waals surface area contributed by atoms with Gasteiger partial charge in [-0.3, -0.25) is 0 Å². The zero-order chi connectivity index (χ0) is 32.9. The smallest absolute Gasteiger partial charge is 0.358 e. The van der Waals surface area contributed by atoms with E-state index in [2.05, 4.69) is 150 Å². The van der Waals surface area contributed by atoms with Crippen LogP contribution >= 0.6 is 0 Å². The molecule has 5 nitrogen and oxygen atoms in total. The first-order valence-corrected chi connectivity index (χ1v) is 16.7. The quantitative estimate of drug-likeness (QED) is 0.133. The minimum absolute atomic E-state index is 0. The molecule has 50 heavy (non-hydrogen) atoms. The Kier molecular flexibility index (Phi) is 6.87. The fourth-order valence-corrected chi connectivity index (χ4v) is 7.55. The maximum atomic E-state index is 4.91. The number of rotatable bonds is 4. The molecular formula is C44H31N5Pd. The first kappa shape index (κ1) is 30.5. The molecule has 0 N–H and O–H groups in total. The van der Waals surface area contributed by atoms with E-state index < -0.39 is 0 Å². The van der Waals surface area contributed by atoms with Crippen molar-refractivity contribution in [2.24, 2.45) is 0 Å². The molecule has 0 amide bonds. The average molecular weight is 736 g/mol. The third kappa shape index (κ3) is 4.42. The molecule has 0 saturated heterocycles. The molecule has 0 bridgehead atoms. The van der Waals surface area contributed by atoms with Crippen LogP contribution in [0, 0.1) is 12.1 Å². The van der Waals surface area contributed by atoms with Crippen molar-refractivity contribution in [1.29, 1.82) is 0 Å². The summed E-state index contributed by atoms with van der Waals surface area (Å²) in [5.74, 6) is 0.862. The van der Waals surface area contributed by atoms with E-state index in [1.54, 1.807) is 0 Å². The summed E-state index contributed by atoms with van der Waals surface area (Å²) in [6.07, 6.45) is 3.73. The van der Waals surface area contributed by atoms with Crippen molar-refractivity contribution >= 4 is 77.1 Å². The summed E-state index contributed by atoms with van der Waals surface area (Å²) < 4.78 is 4.52. The Morgan fingerprint density at radius 2 is 1.22 bits per heavy atom. The molecule has 10 rings (SSSR count). The number of aromatic nitrogens is 4. The molecule has 5 heterocycles. The second kappa shape index (κ2) is 11.2. The zero-order valence-corrected chi connectivity index (χ0v) is 29.3. The Morgan fingerprint density at radius 1 is 0.580 bits per heavy atom. The van der Waals surface area contributed by atoms with E-state index >= 15 is 0 Å². The van der Waals surface area contributed by atoms with Gasteiger partial charge in [-0.1, -0.05) is 91.7 Å². The second-order valence-electron chi connectivity index (χ2n) is 13.8. The number of anilines is 3. The SMILES string of the molecule is CC(C)(C)c1cc2c3ccc(N(c4[c-]c5c(cc4)c4ccccc4n5-c4ccccn4)c4ccccc4)[c-]c3n3c4ncccc4c(c1)c23.[Pd+2]. The summed E-state index contributed by atoms with van der Waals surface area (Å²) >= 11 is 0. The van der Waals surface area contributed by atoms with E-state index in [4.69, 9.17) is 9.97 Å². The molecule has 10 aromatic rings. The fourth-order valence-electron chi connectivity index (χ4n) is 7.55. The van der Waals surface area contributed by atoms with Crippen LogP contribution in [0.2, 0.25) is 0 Å². The summed E-state index contributed by atoms with van der Waals surface area (Å²) in [5.41, 5.74) is 9.43. The van der Waals surface area contributed by atoms with Crippen molar-refractivity contribution in [1.82, 2.24) is 18.9 Å². The molecule has 0 atom stereocenters. The largest absolute Gasteiger partial charge is 2.00 e. The van der Waals surface area contributed by atoms with Gasteiger partial charge in [-0.05, 0) is 70.3 Å². The Hall–Kier alpha value is -5.54. The maximum Gasteiger partial charge on any atom is 2.00 e. The molecule has 0 spiro atoms. The van der Waals surface area contributed by atoms with Gasteiger partial charge in [0.1, 0.15) is 11.5 Å². The van der Waals surface area contributed by atoms with Crippen LogP contribution in [0.15, 0.2) is 134 Å². The van der Waals surface area contributed by atoms with Gasteiger partial charge in [0.2, 0.25) is 0 Å². The van der Waals surface area contributed by atoms with E-state index in [1.165, 1.54) is 32.6 Å². The predicted octanol–water partition coefficient (Wildman–Crippen LogP) is 11.1. The zero-order valence-electron chi connectivity index (χ0n) is 27.8. The molecule has 0 unspecified atom stereocenters. The van der Waals surface area contributed by atoms with E-state index in [9.17, 15) is 0 Å². The van der Waals surface area contributed by atoms with Crippen LogP contribution < -0.4 is 4.90 Å². The molecular weight excluding hydrogens is 705 g/mol. The van der Waals surface area contributed by atoms with Crippen molar-refractivity contribution in [3.63, 3.8) is 0 Å². The van der Waals surface area contributed by atoms with Gasteiger partial charge >= 0.3 is 20.4 Å². The Labute approximate surface area is 303 Å². The predicted molar refractivity (Wildman–Crippen MR) is 202 cm³/mol. The minimum atomic E-state index is 0. The van der Waals surface area contributed by atoms with Gasteiger partial charge in [0.25, 0.3) is 0 Å². The molecule has 5 aromatic carbocycles. The number of para-hydroxylation sites is 2. The van der Waals surface area contributed by atoms with E-state index in [0.717, 1.165) is 55.8 Å². The third-order valence-electron chi connectivity index (χ3n) is 9.85. The van der Waals surface area contributed by atoms with Crippen molar-refractivity contribution in [3.8, 4) is 5.82 Å². The molecule has 0 aliphatic rings. The van der Waals surface area contributed by atoms with E-state index in [-0.39, 0.29) is 25.8 Å². The summed E-state index contributed by atoms with van der Waals surface area (Å²) in [7, 11) is 0. The van der Waals surface area contributed by atoms with Crippen LogP contribution in [0.4, 0.5) is 17.1 Å². The van der Waals surface area contributed by atoms with Gasteiger partial charge in [0.15, 0.2) is 0 Å². The van der Waals surface area contributed by atoms with Crippen LogP contribution in [-0.2, 0) is 25.8 Å². The van der Waals surface area contributed by atoms with Gasteiger partial charge in [-0.2, -0.15) is 12.1 Å². The fraction of sp³-hybridized carbons (Fsp3) is 0.0909. The first-order chi connectivity index (χ1) is 24.0. The van der Waals surface area contributed by atoms with Gasteiger partial charge in [-0.25, -0.2) is 9.97 Å². The van der Waals surface area contributed by atoms with Crippen molar-refractivity contribution in [3.05, 3.63) is 151 Å². The molecule has 0 aliphatic heterocycles. The van der Waals surface area contributed by atoms with Crippen LogP contribution in [0.3, 0.4) is 0 Å². The Balaban J connectivity index is 0.00000336. The van der Waals surface area contributed by atoms with Crippen molar-refractivity contribution in [2.75, 3.05) is 4.90 Å². The summed E-state index contributed by atoms with van der Waals surface area (Å²) in [4.78, 5) is 11.9.